The number of rotatable bonds is 7. The summed E-state index contributed by atoms with van der Waals surface area (Å²) in [4.78, 5) is 0.833. The van der Waals surface area contributed by atoms with Crippen LogP contribution in [0.4, 0.5) is 0 Å². The first-order chi connectivity index (χ1) is 10.2. The minimum atomic E-state index is -1.01. The van der Waals surface area contributed by atoms with Crippen LogP contribution in [0.15, 0.2) is 57.9 Å². The van der Waals surface area contributed by atoms with Gasteiger partial charge >= 0.3 is 0 Å². The van der Waals surface area contributed by atoms with Crippen molar-refractivity contribution in [3.63, 3.8) is 0 Å². The van der Waals surface area contributed by atoms with E-state index in [1.54, 1.807) is 0 Å². The standard InChI is InChI=1S/C16H18BrNO2S/c17-14-7-2-4-9-16(14)21(19)11-5-10-20-15-8-3-1-6-13(15)12-18/h1-4,6-9H,5,10-12,18H2. The number of ether oxygens (including phenoxy) is 1. The average molecular weight is 368 g/mol. The van der Waals surface area contributed by atoms with E-state index in [0.29, 0.717) is 18.9 Å². The monoisotopic (exact) mass is 367 g/mol. The molecule has 2 N–H and O–H groups in total. The summed E-state index contributed by atoms with van der Waals surface area (Å²) in [7, 11) is -1.01. The van der Waals surface area contributed by atoms with Gasteiger partial charge in [0.05, 0.1) is 22.3 Å². The predicted molar refractivity (Wildman–Crippen MR) is 89.9 cm³/mol. The number of halogens is 1. The number of nitrogens with two attached hydrogens (primary N) is 1. The zero-order chi connectivity index (χ0) is 15.1. The predicted octanol–water partition coefficient (Wildman–Crippen LogP) is 3.48. The fraction of sp³-hybridized carbons (Fsp3) is 0.250. The van der Waals surface area contributed by atoms with Crippen LogP contribution in [0, 0.1) is 0 Å². The second kappa shape index (κ2) is 8.32. The number of hydrogen-bond acceptors (Lipinski definition) is 3. The quantitative estimate of drug-likeness (QED) is 0.762. The molecule has 0 heterocycles. The summed E-state index contributed by atoms with van der Waals surface area (Å²) in [5, 5.41) is 0. The van der Waals surface area contributed by atoms with Crippen LogP contribution in [0.5, 0.6) is 5.75 Å². The first-order valence-electron chi connectivity index (χ1n) is 6.76. The Morgan fingerprint density at radius 2 is 1.81 bits per heavy atom. The van der Waals surface area contributed by atoms with E-state index in [4.69, 9.17) is 10.5 Å². The van der Waals surface area contributed by atoms with Gasteiger partial charge in [-0.2, -0.15) is 0 Å². The molecule has 0 aliphatic heterocycles. The molecule has 3 nitrogen and oxygen atoms in total. The first kappa shape index (κ1) is 16.2. The number of benzene rings is 2. The molecule has 2 rings (SSSR count). The van der Waals surface area contributed by atoms with Gasteiger partial charge in [-0.3, -0.25) is 4.21 Å². The van der Waals surface area contributed by atoms with E-state index in [1.807, 2.05) is 48.5 Å². The van der Waals surface area contributed by atoms with Gasteiger partial charge in [0.25, 0.3) is 0 Å². The van der Waals surface area contributed by atoms with Crippen molar-refractivity contribution in [1.82, 2.24) is 0 Å². The molecule has 0 aliphatic rings. The molecule has 21 heavy (non-hydrogen) atoms. The molecule has 0 amide bonds. The Kier molecular flexibility index (Phi) is 6.42. The van der Waals surface area contributed by atoms with Crippen LogP contribution in [-0.4, -0.2) is 16.6 Å². The van der Waals surface area contributed by atoms with Gasteiger partial charge in [-0.1, -0.05) is 30.3 Å². The van der Waals surface area contributed by atoms with Crippen LogP contribution in [0.25, 0.3) is 0 Å². The fourth-order valence-electron chi connectivity index (χ4n) is 1.92. The summed E-state index contributed by atoms with van der Waals surface area (Å²) in [5.41, 5.74) is 6.65. The highest BCUT2D eigenvalue weighted by molar-refractivity contribution is 9.10. The second-order valence-corrected chi connectivity index (χ2v) is 6.89. The van der Waals surface area contributed by atoms with Crippen LogP contribution in [0.2, 0.25) is 0 Å². The summed E-state index contributed by atoms with van der Waals surface area (Å²) in [6.45, 7) is 0.992. The van der Waals surface area contributed by atoms with Crippen molar-refractivity contribution < 1.29 is 8.95 Å². The normalized spacial score (nSPS) is 12.1. The third kappa shape index (κ3) is 4.66. The Morgan fingerprint density at radius 1 is 1.10 bits per heavy atom. The topological polar surface area (TPSA) is 52.3 Å². The van der Waals surface area contributed by atoms with Gasteiger partial charge in [0.2, 0.25) is 0 Å². The zero-order valence-electron chi connectivity index (χ0n) is 11.6. The van der Waals surface area contributed by atoms with E-state index in [0.717, 1.165) is 27.1 Å². The fourth-order valence-corrected chi connectivity index (χ4v) is 3.87. The van der Waals surface area contributed by atoms with E-state index in [1.165, 1.54) is 0 Å². The molecule has 112 valence electrons. The highest BCUT2D eigenvalue weighted by Crippen LogP contribution is 2.21. The molecule has 0 bridgehead atoms. The van der Waals surface area contributed by atoms with E-state index in [9.17, 15) is 4.21 Å². The zero-order valence-corrected chi connectivity index (χ0v) is 14.0. The number of hydrogen-bond donors (Lipinski definition) is 1. The molecule has 0 aliphatic carbocycles. The highest BCUT2D eigenvalue weighted by Gasteiger charge is 2.07. The van der Waals surface area contributed by atoms with E-state index >= 15 is 0 Å². The van der Waals surface area contributed by atoms with Gasteiger partial charge in [0.1, 0.15) is 5.75 Å². The molecule has 5 heteroatoms. The SMILES string of the molecule is NCc1ccccc1OCCCS(=O)c1ccccc1Br. The molecular weight excluding hydrogens is 350 g/mol. The molecule has 0 aromatic heterocycles. The van der Waals surface area contributed by atoms with Crippen LogP contribution in [0.3, 0.4) is 0 Å². The average Bonchev–Trinajstić information content (AvgIpc) is 2.52. The van der Waals surface area contributed by atoms with Gasteiger partial charge in [0, 0.05) is 22.3 Å². The molecule has 0 fully saturated rings. The summed E-state index contributed by atoms with van der Waals surface area (Å²) in [6, 6.07) is 15.3. The largest absolute Gasteiger partial charge is 0.493 e. The van der Waals surface area contributed by atoms with Gasteiger partial charge in [0.15, 0.2) is 0 Å². The molecule has 2 aromatic carbocycles. The number of para-hydroxylation sites is 1. The lowest BCUT2D eigenvalue weighted by Gasteiger charge is -2.10. The lowest BCUT2D eigenvalue weighted by atomic mass is 10.2. The van der Waals surface area contributed by atoms with E-state index < -0.39 is 10.8 Å². The summed E-state index contributed by atoms with van der Waals surface area (Å²) >= 11 is 3.42. The Balaban J connectivity index is 1.82. The van der Waals surface area contributed by atoms with Gasteiger partial charge in [-0.15, -0.1) is 0 Å². The van der Waals surface area contributed by atoms with Crippen molar-refractivity contribution in [3.05, 3.63) is 58.6 Å². The summed E-state index contributed by atoms with van der Waals surface area (Å²) in [5.74, 6) is 1.39. The summed E-state index contributed by atoms with van der Waals surface area (Å²) in [6.07, 6.45) is 0.729. The van der Waals surface area contributed by atoms with E-state index in [-0.39, 0.29) is 0 Å². The maximum atomic E-state index is 12.2. The van der Waals surface area contributed by atoms with Crippen molar-refractivity contribution >= 4 is 26.7 Å². The molecule has 1 unspecified atom stereocenters. The molecular formula is C16H18BrNO2S. The Bertz CT molecular complexity index is 619. The van der Waals surface area contributed by atoms with Crippen LogP contribution < -0.4 is 10.5 Å². The first-order valence-corrected chi connectivity index (χ1v) is 8.87. The Morgan fingerprint density at radius 3 is 2.57 bits per heavy atom. The minimum absolute atomic E-state index is 0.457. The Labute approximate surface area is 136 Å². The Hall–Kier alpha value is -1.17. The van der Waals surface area contributed by atoms with Crippen LogP contribution >= 0.6 is 15.9 Å². The van der Waals surface area contributed by atoms with Crippen LogP contribution in [-0.2, 0) is 17.3 Å². The van der Waals surface area contributed by atoms with Crippen molar-refractivity contribution in [2.24, 2.45) is 5.73 Å². The van der Waals surface area contributed by atoms with Crippen molar-refractivity contribution in [1.29, 1.82) is 0 Å². The molecule has 1 atom stereocenters. The molecule has 0 radical (unpaired) electrons. The van der Waals surface area contributed by atoms with Crippen LogP contribution in [0.1, 0.15) is 12.0 Å². The smallest absolute Gasteiger partial charge is 0.123 e. The molecule has 0 saturated heterocycles. The highest BCUT2D eigenvalue weighted by atomic mass is 79.9. The lowest BCUT2D eigenvalue weighted by molar-refractivity contribution is 0.315. The molecule has 2 aromatic rings. The van der Waals surface area contributed by atoms with Crippen molar-refractivity contribution in [2.45, 2.75) is 17.9 Å². The maximum absolute atomic E-state index is 12.2. The second-order valence-electron chi connectivity index (χ2n) is 4.49. The van der Waals surface area contributed by atoms with Gasteiger partial charge in [-0.05, 0) is 40.5 Å². The van der Waals surface area contributed by atoms with Crippen molar-refractivity contribution in [2.75, 3.05) is 12.4 Å². The molecule has 0 spiro atoms. The molecule has 0 saturated carbocycles. The lowest BCUT2D eigenvalue weighted by Crippen LogP contribution is -2.07. The van der Waals surface area contributed by atoms with Gasteiger partial charge in [-0.25, -0.2) is 0 Å². The summed E-state index contributed by atoms with van der Waals surface area (Å²) < 4.78 is 18.8. The van der Waals surface area contributed by atoms with E-state index in [2.05, 4.69) is 15.9 Å². The minimum Gasteiger partial charge on any atom is -0.493 e. The van der Waals surface area contributed by atoms with Gasteiger partial charge < -0.3 is 10.5 Å². The maximum Gasteiger partial charge on any atom is 0.123 e. The van der Waals surface area contributed by atoms with Crippen molar-refractivity contribution in [3.8, 4) is 5.75 Å². The third-order valence-corrected chi connectivity index (χ3v) is 5.47. The third-order valence-electron chi connectivity index (χ3n) is 3.01.